The van der Waals surface area contributed by atoms with E-state index in [1.54, 1.807) is 0 Å². The van der Waals surface area contributed by atoms with Crippen LogP contribution in [0.5, 0.6) is 0 Å². The third-order valence-corrected chi connectivity index (χ3v) is 3.63. The normalized spacial score (nSPS) is 40.2. The van der Waals surface area contributed by atoms with Crippen LogP contribution in [0.1, 0.15) is 25.7 Å². The Bertz CT molecular complexity index is 217. The Morgan fingerprint density at radius 2 is 2.23 bits per heavy atom. The first-order chi connectivity index (χ1) is 6.18. The van der Waals surface area contributed by atoms with Crippen LogP contribution < -0.4 is 0 Å². The molecule has 0 aromatic heterocycles. The largest absolute Gasteiger partial charge is 0.481 e. The highest BCUT2D eigenvalue weighted by Gasteiger charge is 2.39. The molecule has 0 amide bonds. The van der Waals surface area contributed by atoms with Gasteiger partial charge in [0.2, 0.25) is 0 Å². The van der Waals surface area contributed by atoms with Gasteiger partial charge in [0.15, 0.2) is 0 Å². The Hall–Kier alpha value is -0.570. The maximum atomic E-state index is 10.9. The van der Waals surface area contributed by atoms with Crippen molar-refractivity contribution in [3.8, 4) is 0 Å². The predicted molar refractivity (Wildman–Crippen MR) is 49.5 cm³/mol. The predicted octanol–water partition coefficient (Wildman–Crippen LogP) is 1.19. The van der Waals surface area contributed by atoms with Gasteiger partial charge in [-0.25, -0.2) is 0 Å². The van der Waals surface area contributed by atoms with Crippen LogP contribution in [-0.4, -0.2) is 35.6 Å². The van der Waals surface area contributed by atoms with E-state index in [1.165, 1.54) is 19.3 Å². The Balaban J connectivity index is 2.05. The Morgan fingerprint density at radius 1 is 1.46 bits per heavy atom. The van der Waals surface area contributed by atoms with Gasteiger partial charge in [0, 0.05) is 12.6 Å². The van der Waals surface area contributed by atoms with E-state index in [2.05, 4.69) is 11.9 Å². The molecular weight excluding hydrogens is 166 g/mol. The van der Waals surface area contributed by atoms with Gasteiger partial charge in [-0.1, -0.05) is 6.42 Å². The molecule has 1 N–H and O–H groups in total. The average Bonchev–Trinajstić information content (AvgIpc) is 2.51. The molecule has 1 heterocycles. The van der Waals surface area contributed by atoms with Gasteiger partial charge in [-0.15, -0.1) is 0 Å². The molecule has 2 aliphatic rings. The number of carboxylic acids is 1. The SMILES string of the molecule is CN1CC(C(=O)O)CC2CCCC21. The van der Waals surface area contributed by atoms with Crippen LogP contribution in [0.4, 0.5) is 0 Å². The zero-order chi connectivity index (χ0) is 9.42. The fourth-order valence-electron chi connectivity index (χ4n) is 2.97. The van der Waals surface area contributed by atoms with Gasteiger partial charge in [-0.2, -0.15) is 0 Å². The first-order valence-corrected chi connectivity index (χ1v) is 5.11. The Morgan fingerprint density at radius 3 is 2.92 bits per heavy atom. The van der Waals surface area contributed by atoms with Crippen molar-refractivity contribution in [2.24, 2.45) is 11.8 Å². The molecule has 0 spiro atoms. The van der Waals surface area contributed by atoms with Gasteiger partial charge in [0.25, 0.3) is 0 Å². The zero-order valence-electron chi connectivity index (χ0n) is 8.07. The lowest BCUT2D eigenvalue weighted by Gasteiger charge is -2.38. The van der Waals surface area contributed by atoms with Crippen LogP contribution in [0, 0.1) is 11.8 Å². The highest BCUT2D eigenvalue weighted by atomic mass is 16.4. The molecule has 2 fully saturated rings. The molecule has 3 atom stereocenters. The van der Waals surface area contributed by atoms with Gasteiger partial charge in [0.1, 0.15) is 0 Å². The molecule has 0 radical (unpaired) electrons. The summed E-state index contributed by atoms with van der Waals surface area (Å²) in [5, 5.41) is 8.95. The standard InChI is InChI=1S/C10H17NO2/c1-11-6-8(10(12)13)5-7-3-2-4-9(7)11/h7-9H,2-6H2,1H3,(H,12,13). The number of hydrogen-bond donors (Lipinski definition) is 1. The molecular formula is C10H17NO2. The van der Waals surface area contributed by atoms with Crippen LogP contribution in [0.2, 0.25) is 0 Å². The molecule has 3 heteroatoms. The second-order valence-corrected chi connectivity index (χ2v) is 4.47. The van der Waals surface area contributed by atoms with Crippen LogP contribution in [0.15, 0.2) is 0 Å². The van der Waals surface area contributed by atoms with E-state index >= 15 is 0 Å². The third kappa shape index (κ3) is 1.57. The lowest BCUT2D eigenvalue weighted by atomic mass is 9.85. The van der Waals surface area contributed by atoms with Crippen molar-refractivity contribution in [1.82, 2.24) is 4.90 Å². The Kier molecular flexibility index (Phi) is 2.28. The number of piperidine rings is 1. The summed E-state index contributed by atoms with van der Waals surface area (Å²) in [5.41, 5.74) is 0. The number of carboxylic acid groups (broad SMARTS) is 1. The molecule has 1 saturated heterocycles. The topological polar surface area (TPSA) is 40.5 Å². The van der Waals surface area contributed by atoms with E-state index in [1.807, 2.05) is 0 Å². The molecule has 1 aliphatic carbocycles. The van der Waals surface area contributed by atoms with Crippen molar-refractivity contribution >= 4 is 5.97 Å². The molecule has 1 saturated carbocycles. The number of fused-ring (bicyclic) bond motifs is 1. The van der Waals surface area contributed by atoms with Crippen molar-refractivity contribution in [2.45, 2.75) is 31.7 Å². The third-order valence-electron chi connectivity index (χ3n) is 3.63. The number of carbonyl (C=O) groups is 1. The summed E-state index contributed by atoms with van der Waals surface area (Å²) in [6.45, 7) is 0.747. The summed E-state index contributed by atoms with van der Waals surface area (Å²) in [5.74, 6) is -0.0820. The van der Waals surface area contributed by atoms with Gasteiger partial charge < -0.3 is 10.0 Å². The summed E-state index contributed by atoms with van der Waals surface area (Å²) in [7, 11) is 2.07. The number of rotatable bonds is 1. The van der Waals surface area contributed by atoms with E-state index in [4.69, 9.17) is 5.11 Å². The maximum Gasteiger partial charge on any atom is 0.307 e. The van der Waals surface area contributed by atoms with Gasteiger partial charge >= 0.3 is 5.97 Å². The summed E-state index contributed by atoms with van der Waals surface area (Å²) in [6.07, 6.45) is 4.70. The summed E-state index contributed by atoms with van der Waals surface area (Å²) < 4.78 is 0. The minimum atomic E-state index is -0.614. The van der Waals surface area contributed by atoms with Crippen LogP contribution in [0.25, 0.3) is 0 Å². The van der Waals surface area contributed by atoms with Gasteiger partial charge in [-0.05, 0) is 32.2 Å². The van der Waals surface area contributed by atoms with E-state index in [9.17, 15) is 4.79 Å². The van der Waals surface area contributed by atoms with Gasteiger partial charge in [0.05, 0.1) is 5.92 Å². The second-order valence-electron chi connectivity index (χ2n) is 4.47. The van der Waals surface area contributed by atoms with Gasteiger partial charge in [-0.3, -0.25) is 4.79 Å². The van der Waals surface area contributed by atoms with Crippen LogP contribution in [-0.2, 0) is 4.79 Å². The van der Waals surface area contributed by atoms with Crippen LogP contribution in [0.3, 0.4) is 0 Å². The molecule has 74 valence electrons. The summed E-state index contributed by atoms with van der Waals surface area (Å²) in [4.78, 5) is 13.1. The molecule has 13 heavy (non-hydrogen) atoms. The first kappa shape index (κ1) is 9.00. The van der Waals surface area contributed by atoms with Crippen molar-refractivity contribution < 1.29 is 9.90 Å². The number of likely N-dealkylation sites (tertiary alicyclic amines) is 1. The monoisotopic (exact) mass is 183 g/mol. The van der Waals surface area contributed by atoms with Crippen molar-refractivity contribution in [1.29, 1.82) is 0 Å². The van der Waals surface area contributed by atoms with Crippen LogP contribution >= 0.6 is 0 Å². The molecule has 2 rings (SSSR count). The molecule has 0 aromatic carbocycles. The number of aliphatic carboxylic acids is 1. The first-order valence-electron chi connectivity index (χ1n) is 5.11. The molecule has 0 aromatic rings. The van der Waals surface area contributed by atoms with E-state index in [0.29, 0.717) is 12.0 Å². The smallest absolute Gasteiger partial charge is 0.307 e. The maximum absolute atomic E-state index is 10.9. The fraction of sp³-hybridized carbons (Fsp3) is 0.900. The minimum absolute atomic E-state index is 0.121. The molecule has 1 aliphatic heterocycles. The van der Waals surface area contributed by atoms with E-state index in [-0.39, 0.29) is 5.92 Å². The summed E-state index contributed by atoms with van der Waals surface area (Å²) >= 11 is 0. The quantitative estimate of drug-likeness (QED) is 0.664. The number of hydrogen-bond acceptors (Lipinski definition) is 2. The highest BCUT2D eigenvalue weighted by Crippen LogP contribution is 2.38. The van der Waals surface area contributed by atoms with E-state index < -0.39 is 5.97 Å². The zero-order valence-corrected chi connectivity index (χ0v) is 8.07. The molecule has 0 bridgehead atoms. The van der Waals surface area contributed by atoms with E-state index in [0.717, 1.165) is 13.0 Å². The lowest BCUT2D eigenvalue weighted by molar-refractivity contribution is -0.144. The molecule has 3 unspecified atom stereocenters. The van der Waals surface area contributed by atoms with Crippen molar-refractivity contribution in [3.63, 3.8) is 0 Å². The lowest BCUT2D eigenvalue weighted by Crippen LogP contribution is -2.46. The number of nitrogens with zero attached hydrogens (tertiary/aromatic N) is 1. The second kappa shape index (κ2) is 3.29. The Labute approximate surface area is 78.7 Å². The fourth-order valence-corrected chi connectivity index (χ4v) is 2.97. The molecule has 3 nitrogen and oxygen atoms in total. The summed E-state index contributed by atoms with van der Waals surface area (Å²) in [6, 6.07) is 0.676. The van der Waals surface area contributed by atoms with Crippen molar-refractivity contribution in [3.05, 3.63) is 0 Å². The average molecular weight is 183 g/mol. The van der Waals surface area contributed by atoms with Crippen molar-refractivity contribution in [2.75, 3.05) is 13.6 Å². The minimum Gasteiger partial charge on any atom is -0.481 e. The highest BCUT2D eigenvalue weighted by molar-refractivity contribution is 5.70.